The van der Waals surface area contributed by atoms with Crippen molar-refractivity contribution < 1.29 is 4.79 Å². The van der Waals surface area contributed by atoms with Gasteiger partial charge in [0.05, 0.1) is 0 Å². The van der Waals surface area contributed by atoms with Crippen molar-refractivity contribution in [3.8, 4) is 0 Å². The van der Waals surface area contributed by atoms with E-state index in [-0.39, 0.29) is 11.4 Å². The maximum absolute atomic E-state index is 11.6. The van der Waals surface area contributed by atoms with Gasteiger partial charge in [-0.15, -0.1) is 0 Å². The number of piperazine rings is 1. The van der Waals surface area contributed by atoms with Crippen molar-refractivity contribution in [3.63, 3.8) is 0 Å². The standard InChI is InChI=1S/C14H30N4O/c1-14(2,3)16-6-5-13(19)15-7-8-18-11-9-17(4)10-12-18/h16H,5-12H2,1-4H3,(H,15,19). The first-order valence-corrected chi connectivity index (χ1v) is 7.29. The van der Waals surface area contributed by atoms with Crippen molar-refractivity contribution >= 4 is 5.91 Å². The Morgan fingerprint density at radius 2 is 1.74 bits per heavy atom. The fraction of sp³-hybridized carbons (Fsp3) is 0.929. The van der Waals surface area contributed by atoms with Crippen LogP contribution in [0, 0.1) is 0 Å². The Morgan fingerprint density at radius 3 is 2.32 bits per heavy atom. The summed E-state index contributed by atoms with van der Waals surface area (Å²) in [6.45, 7) is 13.3. The molecule has 2 N–H and O–H groups in total. The third-order valence-corrected chi connectivity index (χ3v) is 3.35. The van der Waals surface area contributed by atoms with E-state index in [2.05, 4.69) is 48.3 Å². The summed E-state index contributed by atoms with van der Waals surface area (Å²) in [5.41, 5.74) is 0.0834. The molecular weight excluding hydrogens is 240 g/mol. The van der Waals surface area contributed by atoms with Crippen LogP contribution in [0.2, 0.25) is 0 Å². The Bertz CT molecular complexity index is 267. The highest BCUT2D eigenvalue weighted by atomic mass is 16.1. The lowest BCUT2D eigenvalue weighted by atomic mass is 10.1. The Hall–Kier alpha value is -0.650. The van der Waals surface area contributed by atoms with Gasteiger partial charge in [-0.3, -0.25) is 9.69 Å². The summed E-state index contributed by atoms with van der Waals surface area (Å²) in [4.78, 5) is 16.4. The molecule has 1 heterocycles. The summed E-state index contributed by atoms with van der Waals surface area (Å²) in [5, 5.41) is 6.31. The predicted molar refractivity (Wildman–Crippen MR) is 79.3 cm³/mol. The van der Waals surface area contributed by atoms with Crippen LogP contribution in [0.3, 0.4) is 0 Å². The van der Waals surface area contributed by atoms with E-state index in [0.29, 0.717) is 6.42 Å². The van der Waals surface area contributed by atoms with Crippen molar-refractivity contribution in [1.29, 1.82) is 0 Å². The second kappa shape index (κ2) is 7.82. The van der Waals surface area contributed by atoms with Gasteiger partial charge in [-0.1, -0.05) is 0 Å². The number of hydrogen-bond acceptors (Lipinski definition) is 4. The summed E-state index contributed by atoms with van der Waals surface area (Å²) >= 11 is 0. The quantitative estimate of drug-likeness (QED) is 0.720. The number of nitrogens with zero attached hydrogens (tertiary/aromatic N) is 2. The van der Waals surface area contributed by atoms with Crippen molar-refractivity contribution in [2.45, 2.75) is 32.7 Å². The SMILES string of the molecule is CN1CCN(CCNC(=O)CCNC(C)(C)C)CC1. The molecule has 0 aromatic heterocycles. The van der Waals surface area contributed by atoms with Crippen LogP contribution in [0.5, 0.6) is 0 Å². The van der Waals surface area contributed by atoms with Gasteiger partial charge in [0.25, 0.3) is 0 Å². The molecule has 5 heteroatoms. The second-order valence-electron chi connectivity index (χ2n) is 6.42. The first kappa shape index (κ1) is 16.4. The molecule has 112 valence electrons. The molecule has 0 saturated carbocycles. The molecule has 0 aromatic rings. The van der Waals surface area contributed by atoms with Crippen molar-refractivity contribution in [3.05, 3.63) is 0 Å². The van der Waals surface area contributed by atoms with Gasteiger partial charge in [0, 0.05) is 57.8 Å². The van der Waals surface area contributed by atoms with E-state index in [0.717, 1.165) is 45.8 Å². The van der Waals surface area contributed by atoms with Gasteiger partial charge in [0.2, 0.25) is 5.91 Å². The van der Waals surface area contributed by atoms with Crippen LogP contribution in [0.1, 0.15) is 27.2 Å². The van der Waals surface area contributed by atoms with Gasteiger partial charge in [0.15, 0.2) is 0 Å². The summed E-state index contributed by atoms with van der Waals surface area (Å²) in [6.07, 6.45) is 0.556. The minimum atomic E-state index is 0.0834. The van der Waals surface area contributed by atoms with Crippen LogP contribution >= 0.6 is 0 Å². The number of carbonyl (C=O) groups excluding carboxylic acids is 1. The highest BCUT2D eigenvalue weighted by molar-refractivity contribution is 5.76. The zero-order valence-corrected chi connectivity index (χ0v) is 13.0. The van der Waals surface area contributed by atoms with E-state index < -0.39 is 0 Å². The molecule has 19 heavy (non-hydrogen) atoms. The zero-order chi connectivity index (χ0) is 14.3. The number of amides is 1. The Labute approximate surface area is 117 Å². The normalized spacial score (nSPS) is 18.5. The lowest BCUT2D eigenvalue weighted by molar-refractivity contribution is -0.121. The summed E-state index contributed by atoms with van der Waals surface area (Å²) in [5.74, 6) is 0.144. The van der Waals surface area contributed by atoms with Gasteiger partial charge in [0.1, 0.15) is 0 Å². The number of hydrogen-bond donors (Lipinski definition) is 2. The van der Waals surface area contributed by atoms with Crippen LogP contribution in [0.25, 0.3) is 0 Å². The van der Waals surface area contributed by atoms with Crippen molar-refractivity contribution in [2.75, 3.05) is 52.9 Å². The third kappa shape index (κ3) is 8.18. The number of nitrogens with one attached hydrogen (secondary N) is 2. The maximum Gasteiger partial charge on any atom is 0.221 e. The van der Waals surface area contributed by atoms with Crippen LogP contribution in [-0.2, 0) is 4.79 Å². The van der Waals surface area contributed by atoms with Gasteiger partial charge in [-0.05, 0) is 27.8 Å². The second-order valence-corrected chi connectivity index (χ2v) is 6.42. The monoisotopic (exact) mass is 270 g/mol. The first-order chi connectivity index (χ1) is 8.87. The topological polar surface area (TPSA) is 47.6 Å². The fourth-order valence-corrected chi connectivity index (χ4v) is 2.06. The van der Waals surface area contributed by atoms with E-state index >= 15 is 0 Å². The zero-order valence-electron chi connectivity index (χ0n) is 13.0. The summed E-state index contributed by atoms with van der Waals surface area (Å²) in [7, 11) is 2.15. The van der Waals surface area contributed by atoms with Crippen LogP contribution in [0.15, 0.2) is 0 Å². The predicted octanol–water partition coefficient (Wildman–Crippen LogP) is 0.128. The van der Waals surface area contributed by atoms with Gasteiger partial charge >= 0.3 is 0 Å². The minimum Gasteiger partial charge on any atom is -0.355 e. The summed E-state index contributed by atoms with van der Waals surface area (Å²) < 4.78 is 0. The Balaban J connectivity index is 2.01. The molecule has 0 aromatic carbocycles. The van der Waals surface area contributed by atoms with Crippen LogP contribution in [0.4, 0.5) is 0 Å². The summed E-state index contributed by atoms with van der Waals surface area (Å²) in [6, 6.07) is 0. The van der Waals surface area contributed by atoms with E-state index in [1.807, 2.05) is 0 Å². The highest BCUT2D eigenvalue weighted by Crippen LogP contribution is 1.98. The molecule has 1 saturated heterocycles. The average molecular weight is 270 g/mol. The van der Waals surface area contributed by atoms with Gasteiger partial charge in [-0.25, -0.2) is 0 Å². The smallest absolute Gasteiger partial charge is 0.221 e. The average Bonchev–Trinajstić information content (AvgIpc) is 2.30. The molecule has 1 aliphatic rings. The molecule has 0 unspecified atom stereocenters. The molecule has 5 nitrogen and oxygen atoms in total. The van der Waals surface area contributed by atoms with E-state index in [4.69, 9.17) is 0 Å². The van der Waals surface area contributed by atoms with Gasteiger partial charge in [-0.2, -0.15) is 0 Å². The fourth-order valence-electron chi connectivity index (χ4n) is 2.06. The van der Waals surface area contributed by atoms with Crippen LogP contribution < -0.4 is 10.6 Å². The molecule has 0 atom stereocenters. The Kier molecular flexibility index (Phi) is 6.75. The molecule has 0 aliphatic carbocycles. The molecule has 0 bridgehead atoms. The number of rotatable bonds is 6. The molecule has 1 amide bonds. The van der Waals surface area contributed by atoms with Gasteiger partial charge < -0.3 is 15.5 Å². The molecule has 1 fully saturated rings. The first-order valence-electron chi connectivity index (χ1n) is 7.29. The van der Waals surface area contributed by atoms with E-state index in [1.165, 1.54) is 0 Å². The van der Waals surface area contributed by atoms with E-state index in [9.17, 15) is 4.79 Å². The molecule has 0 radical (unpaired) electrons. The molecule has 1 aliphatic heterocycles. The minimum absolute atomic E-state index is 0.0834. The lowest BCUT2D eigenvalue weighted by Gasteiger charge is -2.32. The molecular formula is C14H30N4O. The number of carbonyl (C=O) groups is 1. The van der Waals surface area contributed by atoms with E-state index in [1.54, 1.807) is 0 Å². The number of likely N-dealkylation sites (N-methyl/N-ethyl adjacent to an activating group) is 1. The van der Waals surface area contributed by atoms with Crippen molar-refractivity contribution in [2.24, 2.45) is 0 Å². The Morgan fingerprint density at radius 1 is 1.11 bits per heavy atom. The highest BCUT2D eigenvalue weighted by Gasteiger charge is 2.13. The maximum atomic E-state index is 11.6. The lowest BCUT2D eigenvalue weighted by Crippen LogP contribution is -2.47. The molecule has 0 spiro atoms. The van der Waals surface area contributed by atoms with Crippen molar-refractivity contribution in [1.82, 2.24) is 20.4 Å². The largest absolute Gasteiger partial charge is 0.355 e. The third-order valence-electron chi connectivity index (χ3n) is 3.35. The van der Waals surface area contributed by atoms with Crippen LogP contribution in [-0.4, -0.2) is 74.1 Å². The molecule has 1 rings (SSSR count).